The molecule has 1 aliphatic rings. The molecule has 1 aromatic rings. The third-order valence-corrected chi connectivity index (χ3v) is 3.12. The minimum absolute atomic E-state index is 0.801. The standard InChI is InChI=1S/C13H17/c1-11-7-5-6-10-13(11)12-8-3-2-4-9-12/h5-7,12H,2-4,8-9H2,1H3. The molecule has 1 saturated carbocycles. The number of hydrogen-bond donors (Lipinski definition) is 0. The molecule has 0 unspecified atom stereocenters. The van der Waals surface area contributed by atoms with E-state index in [4.69, 9.17) is 0 Å². The molecule has 69 valence electrons. The highest BCUT2D eigenvalue weighted by Crippen LogP contribution is 2.33. The lowest BCUT2D eigenvalue weighted by atomic mass is 9.82. The number of rotatable bonds is 1. The molecule has 0 nitrogen and oxygen atoms in total. The summed E-state index contributed by atoms with van der Waals surface area (Å²) in [6.07, 6.45) is 7.00. The maximum atomic E-state index is 3.41. The molecule has 2 rings (SSSR count). The van der Waals surface area contributed by atoms with Crippen molar-refractivity contribution in [3.63, 3.8) is 0 Å². The number of benzene rings is 1. The maximum absolute atomic E-state index is 3.41. The van der Waals surface area contributed by atoms with E-state index < -0.39 is 0 Å². The molecule has 1 aliphatic carbocycles. The van der Waals surface area contributed by atoms with Crippen LogP contribution in [0.4, 0.5) is 0 Å². The van der Waals surface area contributed by atoms with Gasteiger partial charge in [-0.2, -0.15) is 0 Å². The predicted molar refractivity (Wildman–Crippen MR) is 55.8 cm³/mol. The first-order valence-electron chi connectivity index (χ1n) is 5.35. The average Bonchev–Trinajstić information content (AvgIpc) is 2.20. The largest absolute Gasteiger partial charge is 0.0614 e. The van der Waals surface area contributed by atoms with Gasteiger partial charge in [0.15, 0.2) is 0 Å². The summed E-state index contributed by atoms with van der Waals surface area (Å²) in [6.45, 7) is 2.21. The van der Waals surface area contributed by atoms with Crippen LogP contribution >= 0.6 is 0 Å². The fourth-order valence-electron chi connectivity index (χ4n) is 2.37. The molecule has 1 fully saturated rings. The van der Waals surface area contributed by atoms with E-state index in [1.54, 1.807) is 0 Å². The molecule has 1 radical (unpaired) electrons. The molecule has 0 heterocycles. The summed E-state index contributed by atoms with van der Waals surface area (Å²) >= 11 is 0. The molecule has 0 amide bonds. The topological polar surface area (TPSA) is 0 Å². The van der Waals surface area contributed by atoms with Gasteiger partial charge in [-0.05, 0) is 42.9 Å². The van der Waals surface area contributed by atoms with E-state index in [1.165, 1.54) is 43.2 Å². The van der Waals surface area contributed by atoms with Crippen LogP contribution in [0.5, 0.6) is 0 Å². The van der Waals surface area contributed by atoms with Crippen LogP contribution in [-0.2, 0) is 0 Å². The maximum Gasteiger partial charge on any atom is -0.0143 e. The summed E-state index contributed by atoms with van der Waals surface area (Å²) in [6, 6.07) is 9.75. The molecule has 0 spiro atoms. The van der Waals surface area contributed by atoms with E-state index >= 15 is 0 Å². The van der Waals surface area contributed by atoms with Crippen LogP contribution in [0.1, 0.15) is 49.1 Å². The van der Waals surface area contributed by atoms with Gasteiger partial charge in [-0.25, -0.2) is 0 Å². The zero-order chi connectivity index (χ0) is 9.10. The van der Waals surface area contributed by atoms with E-state index in [0.717, 1.165) is 5.92 Å². The van der Waals surface area contributed by atoms with Crippen molar-refractivity contribution < 1.29 is 0 Å². The quantitative estimate of drug-likeness (QED) is 0.605. The van der Waals surface area contributed by atoms with Crippen molar-refractivity contribution in [2.45, 2.75) is 44.9 Å². The minimum atomic E-state index is 0.801. The normalized spacial score (nSPS) is 18.8. The lowest BCUT2D eigenvalue weighted by Gasteiger charge is -2.23. The van der Waals surface area contributed by atoms with E-state index in [1.807, 2.05) is 0 Å². The molecule has 0 bridgehead atoms. The molecular weight excluding hydrogens is 156 g/mol. The van der Waals surface area contributed by atoms with Crippen molar-refractivity contribution in [3.8, 4) is 0 Å². The second-order valence-corrected chi connectivity index (χ2v) is 4.10. The van der Waals surface area contributed by atoms with Crippen molar-refractivity contribution in [2.24, 2.45) is 0 Å². The van der Waals surface area contributed by atoms with Crippen LogP contribution in [-0.4, -0.2) is 0 Å². The van der Waals surface area contributed by atoms with Crippen molar-refractivity contribution in [1.82, 2.24) is 0 Å². The lowest BCUT2D eigenvalue weighted by Crippen LogP contribution is -2.05. The fraction of sp³-hybridized carbons (Fsp3) is 0.538. The lowest BCUT2D eigenvalue weighted by molar-refractivity contribution is 0.442. The molecule has 0 N–H and O–H groups in total. The van der Waals surface area contributed by atoms with Gasteiger partial charge in [0.2, 0.25) is 0 Å². The Morgan fingerprint density at radius 1 is 1.23 bits per heavy atom. The number of hydrogen-bond acceptors (Lipinski definition) is 0. The van der Waals surface area contributed by atoms with Gasteiger partial charge in [-0.15, -0.1) is 0 Å². The van der Waals surface area contributed by atoms with Crippen LogP contribution in [0.25, 0.3) is 0 Å². The van der Waals surface area contributed by atoms with Gasteiger partial charge in [-0.1, -0.05) is 37.5 Å². The first-order valence-corrected chi connectivity index (χ1v) is 5.35. The summed E-state index contributed by atoms with van der Waals surface area (Å²) in [7, 11) is 0. The van der Waals surface area contributed by atoms with E-state index in [-0.39, 0.29) is 0 Å². The fourth-order valence-corrected chi connectivity index (χ4v) is 2.37. The van der Waals surface area contributed by atoms with Crippen LogP contribution < -0.4 is 0 Å². The summed E-state index contributed by atoms with van der Waals surface area (Å²) < 4.78 is 0. The highest BCUT2D eigenvalue weighted by molar-refractivity contribution is 5.28. The highest BCUT2D eigenvalue weighted by Gasteiger charge is 2.16. The third-order valence-electron chi connectivity index (χ3n) is 3.12. The molecule has 13 heavy (non-hydrogen) atoms. The minimum Gasteiger partial charge on any atom is -0.0614 e. The van der Waals surface area contributed by atoms with Gasteiger partial charge in [0, 0.05) is 0 Å². The van der Waals surface area contributed by atoms with E-state index in [0.29, 0.717) is 0 Å². The smallest absolute Gasteiger partial charge is 0.0143 e. The second-order valence-electron chi connectivity index (χ2n) is 4.10. The van der Waals surface area contributed by atoms with Gasteiger partial charge in [-0.3, -0.25) is 0 Å². The first-order chi connectivity index (χ1) is 6.38. The Balaban J connectivity index is 2.18. The Labute approximate surface area is 81.0 Å². The van der Waals surface area contributed by atoms with Gasteiger partial charge in [0.25, 0.3) is 0 Å². The average molecular weight is 173 g/mol. The Morgan fingerprint density at radius 2 is 2.00 bits per heavy atom. The van der Waals surface area contributed by atoms with Crippen molar-refractivity contribution in [2.75, 3.05) is 0 Å². The zero-order valence-corrected chi connectivity index (χ0v) is 8.34. The highest BCUT2D eigenvalue weighted by atomic mass is 14.2. The van der Waals surface area contributed by atoms with Crippen molar-refractivity contribution in [3.05, 3.63) is 35.4 Å². The van der Waals surface area contributed by atoms with Crippen molar-refractivity contribution >= 4 is 0 Å². The van der Waals surface area contributed by atoms with Crippen LogP contribution in [0, 0.1) is 13.0 Å². The van der Waals surface area contributed by atoms with Crippen LogP contribution in [0.15, 0.2) is 18.2 Å². The summed E-state index contributed by atoms with van der Waals surface area (Å²) in [5.74, 6) is 0.801. The summed E-state index contributed by atoms with van der Waals surface area (Å²) in [4.78, 5) is 0. The van der Waals surface area contributed by atoms with E-state index in [2.05, 4.69) is 31.2 Å². The summed E-state index contributed by atoms with van der Waals surface area (Å²) in [5, 5.41) is 0. The Hall–Kier alpha value is -0.780. The van der Waals surface area contributed by atoms with E-state index in [9.17, 15) is 0 Å². The van der Waals surface area contributed by atoms with Gasteiger partial charge >= 0.3 is 0 Å². The zero-order valence-electron chi connectivity index (χ0n) is 8.34. The predicted octanol–water partition coefficient (Wildman–Crippen LogP) is 3.84. The van der Waals surface area contributed by atoms with Crippen molar-refractivity contribution in [1.29, 1.82) is 0 Å². The molecular formula is C13H17. The molecule has 0 aromatic heterocycles. The molecule has 0 heteroatoms. The van der Waals surface area contributed by atoms with Gasteiger partial charge < -0.3 is 0 Å². The monoisotopic (exact) mass is 173 g/mol. The molecule has 0 saturated heterocycles. The Morgan fingerprint density at radius 3 is 2.69 bits per heavy atom. The summed E-state index contributed by atoms with van der Waals surface area (Å²) in [5.41, 5.74) is 2.90. The first kappa shape index (κ1) is 8.80. The molecule has 0 atom stereocenters. The van der Waals surface area contributed by atoms with Crippen LogP contribution in [0.3, 0.4) is 0 Å². The second kappa shape index (κ2) is 3.95. The van der Waals surface area contributed by atoms with Gasteiger partial charge in [0.1, 0.15) is 0 Å². The SMILES string of the molecule is Cc1ccc[c]c1C1CCCCC1. The number of aryl methyl sites for hydroxylation is 1. The molecule has 1 aromatic carbocycles. The third kappa shape index (κ3) is 1.93. The van der Waals surface area contributed by atoms with Crippen LogP contribution in [0.2, 0.25) is 0 Å². The Bertz CT molecular complexity index is 269. The Kier molecular flexibility index (Phi) is 2.68. The van der Waals surface area contributed by atoms with Gasteiger partial charge in [0.05, 0.1) is 0 Å². The molecule has 0 aliphatic heterocycles.